The fourth-order valence-corrected chi connectivity index (χ4v) is 3.39. The van der Waals surface area contributed by atoms with Gasteiger partial charge in [-0.25, -0.2) is 18.7 Å². The fraction of sp³-hybridized carbons (Fsp3) is 0.0476. The van der Waals surface area contributed by atoms with E-state index in [1.54, 1.807) is 6.20 Å². The molecule has 0 spiro atoms. The summed E-state index contributed by atoms with van der Waals surface area (Å²) < 4.78 is 15.6. The molecule has 148 valence electrons. The summed E-state index contributed by atoms with van der Waals surface area (Å²) in [6.45, 7) is 0. The summed E-state index contributed by atoms with van der Waals surface area (Å²) in [5.74, 6) is -0.725. The van der Waals surface area contributed by atoms with Crippen molar-refractivity contribution in [1.82, 2.24) is 24.4 Å². The second kappa shape index (κ2) is 6.96. The number of rotatable bonds is 4. The van der Waals surface area contributed by atoms with E-state index in [0.29, 0.717) is 11.3 Å². The van der Waals surface area contributed by atoms with Crippen molar-refractivity contribution in [3.8, 4) is 5.69 Å². The van der Waals surface area contributed by atoms with Crippen molar-refractivity contribution >= 4 is 27.8 Å². The molecule has 3 heterocycles. The summed E-state index contributed by atoms with van der Waals surface area (Å²) in [6, 6.07) is 13.4. The molecule has 3 aromatic heterocycles. The molecule has 0 aliphatic carbocycles. The minimum atomic E-state index is -0.458. The van der Waals surface area contributed by atoms with Crippen LogP contribution in [0, 0.1) is 5.82 Å². The van der Waals surface area contributed by atoms with E-state index in [2.05, 4.69) is 20.5 Å². The number of aromatic nitrogens is 5. The zero-order valence-electron chi connectivity index (χ0n) is 15.5. The van der Waals surface area contributed by atoms with Gasteiger partial charge in [0.1, 0.15) is 17.5 Å². The molecule has 0 fully saturated rings. The number of carbonyl (C=O) groups excluding carboxylic acids is 1. The van der Waals surface area contributed by atoms with E-state index in [-0.39, 0.29) is 23.5 Å². The number of halogens is 1. The lowest BCUT2D eigenvalue weighted by molar-refractivity contribution is -0.116. The van der Waals surface area contributed by atoms with E-state index < -0.39 is 5.56 Å². The number of benzene rings is 2. The first-order valence-electron chi connectivity index (χ1n) is 9.16. The van der Waals surface area contributed by atoms with Gasteiger partial charge in [0.25, 0.3) is 5.56 Å². The van der Waals surface area contributed by atoms with Gasteiger partial charge in [0.15, 0.2) is 5.65 Å². The average Bonchev–Trinajstić information content (AvgIpc) is 3.36. The van der Waals surface area contributed by atoms with Crippen molar-refractivity contribution in [1.29, 1.82) is 0 Å². The Labute approximate surface area is 168 Å². The summed E-state index contributed by atoms with van der Waals surface area (Å²) in [4.78, 5) is 32.6. The minimum Gasteiger partial charge on any atom is -0.361 e. The number of hydrogen-bond donors (Lipinski definition) is 2. The van der Waals surface area contributed by atoms with Crippen LogP contribution < -0.4 is 11.0 Å². The Hall–Kier alpha value is -4.27. The Morgan fingerprint density at radius 3 is 2.73 bits per heavy atom. The number of nitrogens with one attached hydrogen (secondary N) is 2. The molecule has 0 saturated heterocycles. The molecule has 8 nitrogen and oxygen atoms in total. The van der Waals surface area contributed by atoms with Crippen LogP contribution in [0.2, 0.25) is 0 Å². The fourth-order valence-electron chi connectivity index (χ4n) is 3.39. The van der Waals surface area contributed by atoms with Gasteiger partial charge in [-0.1, -0.05) is 18.2 Å². The lowest BCUT2D eigenvalue weighted by atomic mass is 10.1. The third-order valence-corrected chi connectivity index (χ3v) is 4.83. The number of H-pyrrole nitrogens is 1. The Morgan fingerprint density at radius 1 is 1.10 bits per heavy atom. The first-order valence-corrected chi connectivity index (χ1v) is 9.16. The van der Waals surface area contributed by atoms with Crippen LogP contribution in [0.4, 0.5) is 4.39 Å². The van der Waals surface area contributed by atoms with Crippen LogP contribution in [0.25, 0.3) is 27.6 Å². The number of nitrogens with zero attached hydrogens (tertiary/aromatic N) is 4. The maximum absolute atomic E-state index is 13.2. The van der Waals surface area contributed by atoms with E-state index in [9.17, 15) is 14.0 Å². The van der Waals surface area contributed by atoms with Crippen LogP contribution in [0.1, 0.15) is 5.56 Å². The van der Waals surface area contributed by atoms with Crippen LogP contribution >= 0.6 is 0 Å². The molecule has 0 radical (unpaired) electrons. The summed E-state index contributed by atoms with van der Waals surface area (Å²) in [7, 11) is 0. The van der Waals surface area contributed by atoms with Crippen molar-refractivity contribution in [3.63, 3.8) is 0 Å². The first kappa shape index (κ1) is 17.8. The van der Waals surface area contributed by atoms with Crippen molar-refractivity contribution in [2.24, 2.45) is 0 Å². The maximum Gasteiger partial charge on any atom is 0.283 e. The third-order valence-electron chi connectivity index (χ3n) is 4.83. The highest BCUT2D eigenvalue weighted by atomic mass is 19.1. The van der Waals surface area contributed by atoms with Crippen molar-refractivity contribution in [2.45, 2.75) is 6.42 Å². The number of aromatic amines is 1. The zero-order chi connectivity index (χ0) is 20.7. The van der Waals surface area contributed by atoms with Crippen LogP contribution in [0.15, 0.2) is 72.0 Å². The molecule has 0 atom stereocenters. The standard InChI is InChI=1S/C21H15FN6O2/c22-14-5-7-15(8-6-14)28-20-17(11-25-28)21(30)27(12-24-20)26-19(29)9-13-10-23-18-4-2-1-3-16(13)18/h1-8,10-12,23H,9H2,(H,26,29). The van der Waals surface area contributed by atoms with Crippen molar-refractivity contribution in [2.75, 3.05) is 5.43 Å². The number of fused-ring (bicyclic) bond motifs is 2. The predicted octanol–water partition coefficient (Wildman–Crippen LogP) is 2.52. The normalized spacial score (nSPS) is 11.2. The van der Waals surface area contributed by atoms with Crippen LogP contribution in [0.3, 0.4) is 0 Å². The third kappa shape index (κ3) is 3.02. The largest absolute Gasteiger partial charge is 0.361 e. The molecule has 9 heteroatoms. The molecular weight excluding hydrogens is 387 g/mol. The monoisotopic (exact) mass is 402 g/mol. The summed E-state index contributed by atoms with van der Waals surface area (Å²) in [5.41, 5.74) is 4.76. The number of para-hydroxylation sites is 1. The highest BCUT2D eigenvalue weighted by Crippen LogP contribution is 2.18. The molecule has 0 aliphatic heterocycles. The average molecular weight is 402 g/mol. The van der Waals surface area contributed by atoms with Gasteiger partial charge in [-0.2, -0.15) is 5.10 Å². The van der Waals surface area contributed by atoms with Crippen LogP contribution in [-0.4, -0.2) is 30.3 Å². The molecule has 30 heavy (non-hydrogen) atoms. The van der Waals surface area contributed by atoms with Crippen LogP contribution in [-0.2, 0) is 11.2 Å². The van der Waals surface area contributed by atoms with E-state index in [0.717, 1.165) is 21.1 Å². The molecule has 2 N–H and O–H groups in total. The molecule has 5 aromatic rings. The van der Waals surface area contributed by atoms with E-state index >= 15 is 0 Å². The Bertz CT molecular complexity index is 1450. The van der Waals surface area contributed by atoms with Gasteiger partial charge in [0.2, 0.25) is 5.91 Å². The number of hydrogen-bond acceptors (Lipinski definition) is 4. The van der Waals surface area contributed by atoms with Gasteiger partial charge >= 0.3 is 0 Å². The SMILES string of the molecule is O=C(Cc1c[nH]c2ccccc12)Nn1cnc2c(cnn2-c2ccc(F)cc2)c1=O. The van der Waals surface area contributed by atoms with Gasteiger partial charge in [0, 0.05) is 17.1 Å². The smallest absolute Gasteiger partial charge is 0.283 e. The first-order chi connectivity index (χ1) is 14.6. The Kier molecular flexibility index (Phi) is 4.13. The topological polar surface area (TPSA) is 97.6 Å². The molecule has 0 saturated carbocycles. The summed E-state index contributed by atoms with van der Waals surface area (Å²) >= 11 is 0. The maximum atomic E-state index is 13.2. The van der Waals surface area contributed by atoms with Gasteiger partial charge in [-0.15, -0.1) is 0 Å². The second-order valence-electron chi connectivity index (χ2n) is 6.76. The highest BCUT2D eigenvalue weighted by molar-refractivity contribution is 5.92. The lowest BCUT2D eigenvalue weighted by Gasteiger charge is -2.08. The zero-order valence-corrected chi connectivity index (χ0v) is 15.5. The molecule has 0 aliphatic rings. The van der Waals surface area contributed by atoms with Gasteiger partial charge in [0.05, 0.1) is 18.3 Å². The molecule has 5 rings (SSSR count). The van der Waals surface area contributed by atoms with Gasteiger partial charge < -0.3 is 4.98 Å². The number of amides is 1. The quantitative estimate of drug-likeness (QED) is 0.483. The van der Waals surface area contributed by atoms with Gasteiger partial charge in [-0.05, 0) is 35.9 Å². The van der Waals surface area contributed by atoms with Crippen molar-refractivity contribution in [3.05, 3.63) is 89.0 Å². The molecular formula is C21H15FN6O2. The Balaban J connectivity index is 1.42. The highest BCUT2D eigenvalue weighted by Gasteiger charge is 2.14. The van der Waals surface area contributed by atoms with E-state index in [1.807, 2.05) is 24.3 Å². The van der Waals surface area contributed by atoms with E-state index in [1.165, 1.54) is 41.5 Å². The Morgan fingerprint density at radius 2 is 1.90 bits per heavy atom. The van der Waals surface area contributed by atoms with Crippen molar-refractivity contribution < 1.29 is 9.18 Å². The van der Waals surface area contributed by atoms with Crippen LogP contribution in [0.5, 0.6) is 0 Å². The predicted molar refractivity (Wildman–Crippen MR) is 109 cm³/mol. The minimum absolute atomic E-state index is 0.101. The lowest BCUT2D eigenvalue weighted by Crippen LogP contribution is -2.34. The summed E-state index contributed by atoms with van der Waals surface area (Å²) in [5, 5.41) is 5.36. The molecule has 0 unspecified atom stereocenters. The second-order valence-corrected chi connectivity index (χ2v) is 6.76. The number of carbonyl (C=O) groups is 1. The molecule has 0 bridgehead atoms. The van der Waals surface area contributed by atoms with E-state index in [4.69, 9.17) is 0 Å². The van der Waals surface area contributed by atoms with Gasteiger partial charge in [-0.3, -0.25) is 15.0 Å². The molecule has 2 aromatic carbocycles. The summed E-state index contributed by atoms with van der Waals surface area (Å²) in [6.07, 6.45) is 4.49. The molecule has 1 amide bonds.